The van der Waals surface area contributed by atoms with Crippen LogP contribution in [0.5, 0.6) is 11.5 Å². The molecule has 0 spiro atoms. The van der Waals surface area contributed by atoms with Crippen LogP contribution in [-0.4, -0.2) is 36.7 Å². The lowest BCUT2D eigenvalue weighted by Crippen LogP contribution is -2.30. The number of carbonyl (C=O) groups excluding carboxylic acids is 1. The first-order valence-corrected chi connectivity index (χ1v) is 7.57. The van der Waals surface area contributed by atoms with Crippen molar-refractivity contribution in [3.63, 3.8) is 0 Å². The molecule has 4 nitrogen and oxygen atoms in total. The lowest BCUT2D eigenvalue weighted by molar-refractivity contribution is -0.118. The summed E-state index contributed by atoms with van der Waals surface area (Å²) in [4.78, 5) is 11.6. The molecule has 1 aromatic rings. The lowest BCUT2D eigenvalue weighted by atomic mass is 10.3. The highest BCUT2D eigenvalue weighted by atomic mass is 32.2. The maximum atomic E-state index is 11.6. The Morgan fingerprint density at radius 3 is 2.65 bits per heavy atom. The van der Waals surface area contributed by atoms with Crippen LogP contribution < -0.4 is 14.8 Å². The maximum Gasteiger partial charge on any atom is 0.230 e. The molecule has 1 aromatic carbocycles. The van der Waals surface area contributed by atoms with E-state index in [0.29, 0.717) is 18.9 Å². The van der Waals surface area contributed by atoms with Gasteiger partial charge >= 0.3 is 0 Å². The molecule has 0 aliphatic heterocycles. The van der Waals surface area contributed by atoms with Crippen LogP contribution in [0.4, 0.5) is 0 Å². The van der Waals surface area contributed by atoms with E-state index in [1.54, 1.807) is 18.9 Å². The summed E-state index contributed by atoms with van der Waals surface area (Å²) in [6.07, 6.45) is 0. The summed E-state index contributed by atoms with van der Waals surface area (Å²) in [5.74, 6) is 2.01. The Morgan fingerprint density at radius 2 is 2.00 bits per heavy atom. The fourth-order valence-electron chi connectivity index (χ4n) is 1.38. The number of carbonyl (C=O) groups is 1. The van der Waals surface area contributed by atoms with E-state index >= 15 is 0 Å². The summed E-state index contributed by atoms with van der Waals surface area (Å²) in [6, 6.07) is 7.40. The van der Waals surface area contributed by atoms with Crippen LogP contribution in [0.25, 0.3) is 0 Å². The van der Waals surface area contributed by atoms with Crippen LogP contribution in [-0.2, 0) is 4.79 Å². The van der Waals surface area contributed by atoms with Crippen LogP contribution in [0, 0.1) is 0 Å². The van der Waals surface area contributed by atoms with Gasteiger partial charge in [0.25, 0.3) is 0 Å². The number of ether oxygens (including phenoxy) is 2. The van der Waals surface area contributed by atoms with Crippen molar-refractivity contribution in [1.82, 2.24) is 5.32 Å². The Labute approximate surface area is 125 Å². The molecular weight excluding hydrogens is 274 g/mol. The van der Waals surface area contributed by atoms with Crippen molar-refractivity contribution < 1.29 is 14.3 Å². The highest BCUT2D eigenvalue weighted by Crippen LogP contribution is 2.22. The third kappa shape index (κ3) is 7.28. The Bertz CT molecular complexity index is 429. The monoisotopic (exact) mass is 297 g/mol. The standard InChI is InChI=1S/C15H23NO3S/c1-15(2,3)20-11-14(17)16-8-9-19-13-7-5-6-12(10-13)18-4/h5-7,10H,8-9,11H2,1-4H3,(H,16,17). The fourth-order valence-corrected chi connectivity index (χ4v) is 2.05. The van der Waals surface area contributed by atoms with Gasteiger partial charge in [0.1, 0.15) is 18.1 Å². The Morgan fingerprint density at radius 1 is 1.30 bits per heavy atom. The molecule has 5 heteroatoms. The van der Waals surface area contributed by atoms with Crippen LogP contribution in [0.3, 0.4) is 0 Å². The SMILES string of the molecule is COc1cccc(OCCNC(=O)CSC(C)(C)C)c1. The highest BCUT2D eigenvalue weighted by molar-refractivity contribution is 8.01. The predicted octanol–water partition coefficient (Wildman–Crippen LogP) is 2.72. The van der Waals surface area contributed by atoms with Crippen molar-refractivity contribution >= 4 is 17.7 Å². The predicted molar refractivity (Wildman–Crippen MR) is 83.7 cm³/mol. The van der Waals surface area contributed by atoms with Gasteiger partial charge in [-0.05, 0) is 12.1 Å². The minimum atomic E-state index is 0.0409. The van der Waals surface area contributed by atoms with E-state index in [2.05, 4.69) is 26.1 Å². The molecule has 0 aliphatic carbocycles. The first-order valence-electron chi connectivity index (χ1n) is 6.58. The van der Waals surface area contributed by atoms with E-state index in [0.717, 1.165) is 11.5 Å². The van der Waals surface area contributed by atoms with E-state index < -0.39 is 0 Å². The normalized spacial score (nSPS) is 11.0. The molecule has 0 fully saturated rings. The molecule has 0 aliphatic rings. The van der Waals surface area contributed by atoms with Gasteiger partial charge in [-0.2, -0.15) is 0 Å². The second-order valence-electron chi connectivity index (χ2n) is 5.28. The van der Waals surface area contributed by atoms with Gasteiger partial charge in [-0.15, -0.1) is 11.8 Å². The molecule has 0 heterocycles. The molecule has 0 radical (unpaired) electrons. The molecule has 20 heavy (non-hydrogen) atoms. The van der Waals surface area contributed by atoms with Gasteiger partial charge in [-0.3, -0.25) is 4.79 Å². The maximum absolute atomic E-state index is 11.6. The van der Waals surface area contributed by atoms with E-state index in [1.807, 2.05) is 24.3 Å². The number of benzene rings is 1. The van der Waals surface area contributed by atoms with Gasteiger partial charge in [0.2, 0.25) is 5.91 Å². The second kappa shape index (κ2) is 8.04. The van der Waals surface area contributed by atoms with E-state index in [9.17, 15) is 4.79 Å². The van der Waals surface area contributed by atoms with Crippen molar-refractivity contribution in [2.75, 3.05) is 26.0 Å². The van der Waals surface area contributed by atoms with Gasteiger partial charge in [-0.25, -0.2) is 0 Å². The summed E-state index contributed by atoms with van der Waals surface area (Å²) in [5.41, 5.74) is 0. The third-order valence-electron chi connectivity index (χ3n) is 2.37. The van der Waals surface area contributed by atoms with Crippen LogP contribution in [0.1, 0.15) is 20.8 Å². The molecule has 1 rings (SSSR count). The van der Waals surface area contributed by atoms with Gasteiger partial charge in [-0.1, -0.05) is 26.8 Å². The third-order valence-corrected chi connectivity index (χ3v) is 3.64. The lowest BCUT2D eigenvalue weighted by Gasteiger charge is -2.17. The van der Waals surface area contributed by atoms with Gasteiger partial charge in [0.05, 0.1) is 19.4 Å². The summed E-state index contributed by atoms with van der Waals surface area (Å²) in [6.45, 7) is 7.23. The van der Waals surface area contributed by atoms with E-state index in [4.69, 9.17) is 9.47 Å². The van der Waals surface area contributed by atoms with Crippen molar-refractivity contribution in [2.45, 2.75) is 25.5 Å². The number of methoxy groups -OCH3 is 1. The van der Waals surface area contributed by atoms with Crippen molar-refractivity contribution in [2.24, 2.45) is 0 Å². The minimum absolute atomic E-state index is 0.0409. The van der Waals surface area contributed by atoms with Gasteiger partial charge in [0, 0.05) is 10.8 Å². The largest absolute Gasteiger partial charge is 0.497 e. The zero-order valence-corrected chi connectivity index (χ0v) is 13.4. The summed E-state index contributed by atoms with van der Waals surface area (Å²) >= 11 is 1.63. The number of rotatable bonds is 7. The molecule has 1 amide bonds. The van der Waals surface area contributed by atoms with E-state index in [-0.39, 0.29) is 10.7 Å². The fraction of sp³-hybridized carbons (Fsp3) is 0.533. The van der Waals surface area contributed by atoms with Gasteiger partial charge < -0.3 is 14.8 Å². The van der Waals surface area contributed by atoms with E-state index in [1.165, 1.54) is 0 Å². The summed E-state index contributed by atoms with van der Waals surface area (Å²) < 4.78 is 10.8. The zero-order chi connectivity index (χ0) is 15.0. The molecular formula is C15H23NO3S. The van der Waals surface area contributed by atoms with Gasteiger partial charge in [0.15, 0.2) is 0 Å². The molecule has 0 unspecified atom stereocenters. The van der Waals surface area contributed by atoms with Crippen LogP contribution in [0.15, 0.2) is 24.3 Å². The summed E-state index contributed by atoms with van der Waals surface area (Å²) in [7, 11) is 1.62. The Hall–Kier alpha value is -1.36. The Balaban J connectivity index is 2.19. The minimum Gasteiger partial charge on any atom is -0.497 e. The quantitative estimate of drug-likeness (QED) is 0.786. The number of nitrogens with one attached hydrogen (secondary N) is 1. The number of thioether (sulfide) groups is 1. The first-order chi connectivity index (χ1) is 9.40. The van der Waals surface area contributed by atoms with Crippen molar-refractivity contribution in [3.05, 3.63) is 24.3 Å². The average molecular weight is 297 g/mol. The molecule has 0 saturated carbocycles. The van der Waals surface area contributed by atoms with Crippen LogP contribution in [0.2, 0.25) is 0 Å². The number of hydrogen-bond acceptors (Lipinski definition) is 4. The molecule has 1 N–H and O–H groups in total. The molecule has 0 aromatic heterocycles. The molecule has 0 bridgehead atoms. The molecule has 112 valence electrons. The molecule has 0 atom stereocenters. The van der Waals surface area contributed by atoms with Crippen LogP contribution >= 0.6 is 11.8 Å². The molecule has 0 saturated heterocycles. The Kier molecular flexibility index (Phi) is 6.71. The number of hydrogen-bond donors (Lipinski definition) is 1. The smallest absolute Gasteiger partial charge is 0.230 e. The first kappa shape index (κ1) is 16.7. The van der Waals surface area contributed by atoms with Crippen molar-refractivity contribution in [3.8, 4) is 11.5 Å². The second-order valence-corrected chi connectivity index (χ2v) is 7.08. The summed E-state index contributed by atoms with van der Waals surface area (Å²) in [5, 5.41) is 2.84. The van der Waals surface area contributed by atoms with Crippen molar-refractivity contribution in [1.29, 1.82) is 0 Å². The highest BCUT2D eigenvalue weighted by Gasteiger charge is 2.12. The zero-order valence-electron chi connectivity index (χ0n) is 12.6. The topological polar surface area (TPSA) is 47.6 Å². The number of amides is 1. The average Bonchev–Trinajstić information content (AvgIpc) is 2.41.